The summed E-state index contributed by atoms with van der Waals surface area (Å²) in [5.41, 5.74) is 3.25. The summed E-state index contributed by atoms with van der Waals surface area (Å²) in [4.78, 5) is 2.09. The molecule has 0 fully saturated rings. The summed E-state index contributed by atoms with van der Waals surface area (Å²) in [5, 5.41) is 3.41. The standard InChI is InChI=1S/C15H18N2O/c1-17(2)15-10-5-4-9-14(15)16-12-7-6-8-13(11-12)18-3/h4-11,16H,1-3H3. The molecule has 0 spiro atoms. The lowest BCUT2D eigenvalue weighted by Crippen LogP contribution is -2.10. The molecule has 94 valence electrons. The molecule has 0 radical (unpaired) electrons. The number of hydrogen-bond donors (Lipinski definition) is 1. The minimum Gasteiger partial charge on any atom is -0.497 e. The van der Waals surface area contributed by atoms with Gasteiger partial charge < -0.3 is 15.0 Å². The van der Waals surface area contributed by atoms with Crippen molar-refractivity contribution in [1.82, 2.24) is 0 Å². The van der Waals surface area contributed by atoms with Crippen molar-refractivity contribution in [3.05, 3.63) is 48.5 Å². The van der Waals surface area contributed by atoms with Gasteiger partial charge in [0.15, 0.2) is 0 Å². The van der Waals surface area contributed by atoms with Gasteiger partial charge in [0.05, 0.1) is 18.5 Å². The second-order valence-electron chi connectivity index (χ2n) is 4.27. The maximum absolute atomic E-state index is 5.22. The summed E-state index contributed by atoms with van der Waals surface area (Å²) in [6, 6.07) is 16.1. The second-order valence-corrected chi connectivity index (χ2v) is 4.27. The zero-order valence-corrected chi connectivity index (χ0v) is 11.0. The van der Waals surface area contributed by atoms with Gasteiger partial charge in [0.2, 0.25) is 0 Å². The van der Waals surface area contributed by atoms with Crippen LogP contribution in [0.4, 0.5) is 17.1 Å². The molecular weight excluding hydrogens is 224 g/mol. The maximum atomic E-state index is 5.22. The van der Waals surface area contributed by atoms with E-state index in [-0.39, 0.29) is 0 Å². The number of benzene rings is 2. The first-order valence-corrected chi connectivity index (χ1v) is 5.88. The first-order valence-electron chi connectivity index (χ1n) is 5.88. The molecule has 0 aliphatic rings. The molecule has 3 nitrogen and oxygen atoms in total. The number of anilines is 3. The van der Waals surface area contributed by atoms with E-state index in [9.17, 15) is 0 Å². The van der Waals surface area contributed by atoms with Crippen molar-refractivity contribution in [1.29, 1.82) is 0 Å². The first kappa shape index (κ1) is 12.3. The molecule has 0 unspecified atom stereocenters. The fraction of sp³-hybridized carbons (Fsp3) is 0.200. The molecule has 0 amide bonds. The van der Waals surface area contributed by atoms with E-state index in [1.54, 1.807) is 7.11 Å². The summed E-state index contributed by atoms with van der Waals surface area (Å²) in [5.74, 6) is 0.849. The Labute approximate surface area is 108 Å². The Kier molecular flexibility index (Phi) is 3.72. The van der Waals surface area contributed by atoms with E-state index in [1.165, 1.54) is 0 Å². The Morgan fingerprint density at radius 1 is 1.00 bits per heavy atom. The van der Waals surface area contributed by atoms with E-state index in [2.05, 4.69) is 22.3 Å². The lowest BCUT2D eigenvalue weighted by molar-refractivity contribution is 0.415. The largest absolute Gasteiger partial charge is 0.497 e. The van der Waals surface area contributed by atoms with Gasteiger partial charge in [0.1, 0.15) is 5.75 Å². The monoisotopic (exact) mass is 242 g/mol. The third-order valence-electron chi connectivity index (χ3n) is 2.73. The number of para-hydroxylation sites is 2. The van der Waals surface area contributed by atoms with Crippen molar-refractivity contribution in [3.63, 3.8) is 0 Å². The van der Waals surface area contributed by atoms with Crippen LogP contribution in [0, 0.1) is 0 Å². The van der Waals surface area contributed by atoms with E-state index in [0.29, 0.717) is 0 Å². The Morgan fingerprint density at radius 3 is 2.50 bits per heavy atom. The molecule has 0 aliphatic heterocycles. The Balaban J connectivity index is 2.28. The number of methoxy groups -OCH3 is 1. The Hall–Kier alpha value is -2.16. The zero-order chi connectivity index (χ0) is 13.0. The number of nitrogens with zero attached hydrogens (tertiary/aromatic N) is 1. The normalized spacial score (nSPS) is 9.94. The minimum atomic E-state index is 0.849. The summed E-state index contributed by atoms with van der Waals surface area (Å²) < 4.78 is 5.22. The lowest BCUT2D eigenvalue weighted by atomic mass is 10.2. The van der Waals surface area contributed by atoms with Gasteiger partial charge in [-0.25, -0.2) is 0 Å². The highest BCUT2D eigenvalue weighted by Gasteiger charge is 2.04. The molecule has 0 atom stereocenters. The number of ether oxygens (including phenoxy) is 1. The molecule has 0 heterocycles. The van der Waals surface area contributed by atoms with Gasteiger partial charge in [-0.2, -0.15) is 0 Å². The van der Waals surface area contributed by atoms with Crippen molar-refractivity contribution < 1.29 is 4.74 Å². The highest BCUT2D eigenvalue weighted by molar-refractivity contribution is 5.75. The summed E-state index contributed by atoms with van der Waals surface area (Å²) in [6.45, 7) is 0. The first-order chi connectivity index (χ1) is 8.70. The van der Waals surface area contributed by atoms with Gasteiger partial charge in [-0.3, -0.25) is 0 Å². The third kappa shape index (κ3) is 2.74. The Bertz CT molecular complexity index is 523. The predicted molar refractivity (Wildman–Crippen MR) is 77.0 cm³/mol. The van der Waals surface area contributed by atoms with Gasteiger partial charge in [-0.15, -0.1) is 0 Å². The van der Waals surface area contributed by atoms with Crippen LogP contribution < -0.4 is 15.0 Å². The molecule has 2 rings (SSSR count). The summed E-state index contributed by atoms with van der Waals surface area (Å²) >= 11 is 0. The van der Waals surface area contributed by atoms with E-state index in [0.717, 1.165) is 22.8 Å². The van der Waals surface area contributed by atoms with Gasteiger partial charge >= 0.3 is 0 Å². The van der Waals surface area contributed by atoms with Crippen molar-refractivity contribution in [2.24, 2.45) is 0 Å². The molecule has 3 heteroatoms. The molecule has 18 heavy (non-hydrogen) atoms. The van der Waals surface area contributed by atoms with Crippen LogP contribution in [0.25, 0.3) is 0 Å². The second kappa shape index (κ2) is 5.45. The van der Waals surface area contributed by atoms with Gasteiger partial charge in [0.25, 0.3) is 0 Å². The fourth-order valence-electron chi connectivity index (χ4n) is 1.83. The number of hydrogen-bond acceptors (Lipinski definition) is 3. The zero-order valence-electron chi connectivity index (χ0n) is 11.0. The van der Waals surface area contributed by atoms with Crippen LogP contribution in [0.5, 0.6) is 5.75 Å². The molecule has 0 bridgehead atoms. The molecule has 0 aliphatic carbocycles. The van der Waals surface area contributed by atoms with E-state index >= 15 is 0 Å². The molecule has 2 aromatic carbocycles. The number of rotatable bonds is 4. The van der Waals surface area contributed by atoms with Crippen molar-refractivity contribution in [2.75, 3.05) is 31.4 Å². The fourth-order valence-corrected chi connectivity index (χ4v) is 1.83. The van der Waals surface area contributed by atoms with E-state index in [1.807, 2.05) is 50.5 Å². The van der Waals surface area contributed by atoms with Crippen LogP contribution in [-0.2, 0) is 0 Å². The quantitative estimate of drug-likeness (QED) is 0.888. The van der Waals surface area contributed by atoms with Crippen molar-refractivity contribution >= 4 is 17.1 Å². The predicted octanol–water partition coefficient (Wildman–Crippen LogP) is 3.50. The molecule has 1 N–H and O–H groups in total. The summed E-state index contributed by atoms with van der Waals surface area (Å²) in [7, 11) is 5.74. The van der Waals surface area contributed by atoms with E-state index < -0.39 is 0 Å². The van der Waals surface area contributed by atoms with Crippen LogP contribution >= 0.6 is 0 Å². The molecular formula is C15H18N2O. The van der Waals surface area contributed by atoms with Crippen LogP contribution in [0.2, 0.25) is 0 Å². The van der Waals surface area contributed by atoms with Gasteiger partial charge in [0, 0.05) is 25.8 Å². The topological polar surface area (TPSA) is 24.5 Å². The lowest BCUT2D eigenvalue weighted by Gasteiger charge is -2.18. The van der Waals surface area contributed by atoms with Crippen LogP contribution in [0.3, 0.4) is 0 Å². The highest BCUT2D eigenvalue weighted by atomic mass is 16.5. The molecule has 2 aromatic rings. The van der Waals surface area contributed by atoms with Crippen LogP contribution in [0.15, 0.2) is 48.5 Å². The molecule has 0 saturated carbocycles. The third-order valence-corrected chi connectivity index (χ3v) is 2.73. The number of nitrogens with one attached hydrogen (secondary N) is 1. The smallest absolute Gasteiger partial charge is 0.120 e. The SMILES string of the molecule is COc1cccc(Nc2ccccc2N(C)C)c1. The van der Waals surface area contributed by atoms with E-state index in [4.69, 9.17) is 4.74 Å². The molecule has 0 saturated heterocycles. The average molecular weight is 242 g/mol. The van der Waals surface area contributed by atoms with Crippen LogP contribution in [0.1, 0.15) is 0 Å². The van der Waals surface area contributed by atoms with Crippen molar-refractivity contribution in [2.45, 2.75) is 0 Å². The average Bonchev–Trinajstić information content (AvgIpc) is 2.39. The highest BCUT2D eigenvalue weighted by Crippen LogP contribution is 2.28. The van der Waals surface area contributed by atoms with Crippen molar-refractivity contribution in [3.8, 4) is 5.75 Å². The molecule has 0 aromatic heterocycles. The maximum Gasteiger partial charge on any atom is 0.120 e. The van der Waals surface area contributed by atoms with Gasteiger partial charge in [-0.05, 0) is 24.3 Å². The van der Waals surface area contributed by atoms with Crippen LogP contribution in [-0.4, -0.2) is 21.2 Å². The van der Waals surface area contributed by atoms with Gasteiger partial charge in [-0.1, -0.05) is 18.2 Å². The minimum absolute atomic E-state index is 0.849. The Morgan fingerprint density at radius 2 is 1.78 bits per heavy atom. The summed E-state index contributed by atoms with van der Waals surface area (Å²) in [6.07, 6.45) is 0.